The Morgan fingerprint density at radius 1 is 1.03 bits per heavy atom. The van der Waals surface area contributed by atoms with Crippen LogP contribution in [0.15, 0.2) is 66.7 Å². The van der Waals surface area contributed by atoms with Gasteiger partial charge in [0.2, 0.25) is 12.7 Å². The summed E-state index contributed by atoms with van der Waals surface area (Å²) in [6.07, 6.45) is 0. The summed E-state index contributed by atoms with van der Waals surface area (Å²) in [7, 11) is 1.61. The lowest BCUT2D eigenvalue weighted by Gasteiger charge is -2.20. The molecule has 7 nitrogen and oxygen atoms in total. The summed E-state index contributed by atoms with van der Waals surface area (Å²) in [4.78, 5) is 28.4. The quantitative estimate of drug-likeness (QED) is 0.556. The van der Waals surface area contributed by atoms with E-state index < -0.39 is 5.92 Å². The zero-order valence-corrected chi connectivity index (χ0v) is 20.0. The van der Waals surface area contributed by atoms with Gasteiger partial charge in [0.1, 0.15) is 5.75 Å². The Balaban J connectivity index is 1.36. The van der Waals surface area contributed by atoms with Crippen LogP contribution >= 0.6 is 11.6 Å². The Hall–Kier alpha value is -3.71. The predicted molar refractivity (Wildman–Crippen MR) is 131 cm³/mol. The molecule has 0 aromatic heterocycles. The van der Waals surface area contributed by atoms with Gasteiger partial charge in [0.05, 0.1) is 13.0 Å². The average molecular weight is 493 g/mol. The van der Waals surface area contributed by atoms with Gasteiger partial charge in [-0.1, -0.05) is 35.9 Å². The number of carbonyl (C=O) groups is 2. The first-order chi connectivity index (χ1) is 17.0. The third kappa shape index (κ3) is 4.77. The van der Waals surface area contributed by atoms with Crippen molar-refractivity contribution in [1.82, 2.24) is 10.2 Å². The van der Waals surface area contributed by atoms with Gasteiger partial charge in [0.15, 0.2) is 11.5 Å². The van der Waals surface area contributed by atoms with E-state index in [1.807, 2.05) is 42.5 Å². The zero-order chi connectivity index (χ0) is 24.4. The van der Waals surface area contributed by atoms with Gasteiger partial charge in [0, 0.05) is 36.1 Å². The molecule has 35 heavy (non-hydrogen) atoms. The summed E-state index contributed by atoms with van der Waals surface area (Å²) >= 11 is 5.99. The molecule has 2 aliphatic heterocycles. The molecule has 1 fully saturated rings. The molecule has 0 bridgehead atoms. The van der Waals surface area contributed by atoms with Gasteiger partial charge < -0.3 is 24.4 Å². The number of benzene rings is 3. The number of ether oxygens (including phenoxy) is 3. The number of rotatable bonds is 6. The van der Waals surface area contributed by atoms with Crippen LogP contribution in [-0.2, 0) is 11.3 Å². The Labute approximate surface area is 208 Å². The Morgan fingerprint density at radius 3 is 2.60 bits per heavy atom. The monoisotopic (exact) mass is 492 g/mol. The Morgan fingerprint density at radius 2 is 1.80 bits per heavy atom. The van der Waals surface area contributed by atoms with Gasteiger partial charge in [-0.3, -0.25) is 9.59 Å². The fraction of sp³-hybridized carbons (Fsp3) is 0.259. The molecule has 0 radical (unpaired) electrons. The summed E-state index contributed by atoms with van der Waals surface area (Å²) in [6, 6.07) is 20.0. The number of hydrogen-bond acceptors (Lipinski definition) is 5. The lowest BCUT2D eigenvalue weighted by atomic mass is 9.87. The number of amides is 2. The minimum atomic E-state index is -0.434. The van der Waals surface area contributed by atoms with Crippen molar-refractivity contribution in [2.75, 3.05) is 27.0 Å². The number of carbonyl (C=O) groups excluding carboxylic acids is 2. The summed E-state index contributed by atoms with van der Waals surface area (Å²) in [5.74, 6) is 1.17. The maximum Gasteiger partial charge on any atom is 0.253 e. The number of hydrogen-bond donors (Lipinski definition) is 1. The first kappa shape index (κ1) is 23.1. The molecule has 2 atom stereocenters. The van der Waals surface area contributed by atoms with E-state index in [4.69, 9.17) is 25.8 Å². The fourth-order valence-electron chi connectivity index (χ4n) is 4.67. The van der Waals surface area contributed by atoms with Crippen molar-refractivity contribution in [1.29, 1.82) is 0 Å². The highest BCUT2D eigenvalue weighted by atomic mass is 35.5. The van der Waals surface area contributed by atoms with Gasteiger partial charge in [-0.15, -0.1) is 0 Å². The highest BCUT2D eigenvalue weighted by molar-refractivity contribution is 6.30. The number of nitrogens with zero attached hydrogens (tertiary/aromatic N) is 1. The lowest BCUT2D eigenvalue weighted by molar-refractivity contribution is -0.125. The van der Waals surface area contributed by atoms with Crippen LogP contribution in [-0.4, -0.2) is 43.7 Å². The maximum atomic E-state index is 13.4. The third-order valence-corrected chi connectivity index (χ3v) is 6.73. The molecule has 8 heteroatoms. The summed E-state index contributed by atoms with van der Waals surface area (Å²) in [6.45, 7) is 1.25. The molecule has 1 N–H and O–H groups in total. The van der Waals surface area contributed by atoms with Crippen LogP contribution in [0.2, 0.25) is 5.02 Å². The molecule has 0 spiro atoms. The van der Waals surface area contributed by atoms with Crippen molar-refractivity contribution >= 4 is 23.4 Å². The van der Waals surface area contributed by atoms with E-state index in [9.17, 15) is 9.59 Å². The molecule has 3 aromatic rings. The fourth-order valence-corrected chi connectivity index (χ4v) is 4.80. The van der Waals surface area contributed by atoms with Crippen molar-refractivity contribution in [3.8, 4) is 17.2 Å². The highest BCUT2D eigenvalue weighted by Gasteiger charge is 2.41. The number of fused-ring (bicyclic) bond motifs is 1. The van der Waals surface area contributed by atoms with Crippen LogP contribution in [0.1, 0.15) is 27.4 Å². The molecular weight excluding hydrogens is 468 g/mol. The number of para-hydroxylation sites is 1. The molecule has 2 amide bonds. The average Bonchev–Trinajstić information content (AvgIpc) is 3.54. The Kier molecular flexibility index (Phi) is 6.51. The van der Waals surface area contributed by atoms with Crippen LogP contribution < -0.4 is 19.5 Å². The second-order valence-electron chi connectivity index (χ2n) is 8.58. The van der Waals surface area contributed by atoms with Crippen LogP contribution in [0.3, 0.4) is 0 Å². The van der Waals surface area contributed by atoms with Gasteiger partial charge in [0.25, 0.3) is 5.91 Å². The first-order valence-electron chi connectivity index (χ1n) is 11.4. The van der Waals surface area contributed by atoms with E-state index in [0.717, 1.165) is 11.1 Å². The van der Waals surface area contributed by atoms with E-state index >= 15 is 0 Å². The largest absolute Gasteiger partial charge is 0.496 e. The van der Waals surface area contributed by atoms with E-state index in [-0.39, 0.29) is 24.5 Å². The normalized spacial score (nSPS) is 18.4. The lowest BCUT2D eigenvalue weighted by Crippen LogP contribution is -2.35. The summed E-state index contributed by atoms with van der Waals surface area (Å²) in [5, 5.41) is 3.61. The number of methoxy groups -OCH3 is 1. The molecular formula is C27H25ClN2O5. The van der Waals surface area contributed by atoms with E-state index in [2.05, 4.69) is 5.32 Å². The summed E-state index contributed by atoms with van der Waals surface area (Å²) < 4.78 is 16.4. The minimum absolute atomic E-state index is 0.120. The molecule has 5 rings (SSSR count). The molecule has 3 aromatic carbocycles. The molecule has 0 aliphatic carbocycles. The van der Waals surface area contributed by atoms with Crippen molar-refractivity contribution in [3.63, 3.8) is 0 Å². The van der Waals surface area contributed by atoms with E-state index in [1.165, 1.54) is 0 Å². The van der Waals surface area contributed by atoms with E-state index in [1.54, 1.807) is 36.3 Å². The van der Waals surface area contributed by atoms with Crippen molar-refractivity contribution in [3.05, 3.63) is 88.4 Å². The van der Waals surface area contributed by atoms with E-state index in [0.29, 0.717) is 47.5 Å². The second kappa shape index (κ2) is 9.88. The van der Waals surface area contributed by atoms with Gasteiger partial charge in [-0.05, 0) is 53.6 Å². The smallest absolute Gasteiger partial charge is 0.253 e. The van der Waals surface area contributed by atoms with Gasteiger partial charge in [-0.25, -0.2) is 0 Å². The van der Waals surface area contributed by atoms with Crippen molar-refractivity contribution in [2.24, 2.45) is 5.92 Å². The maximum absolute atomic E-state index is 13.4. The van der Waals surface area contributed by atoms with Crippen LogP contribution in [0.25, 0.3) is 0 Å². The molecule has 2 heterocycles. The van der Waals surface area contributed by atoms with Crippen LogP contribution in [0.4, 0.5) is 0 Å². The van der Waals surface area contributed by atoms with Gasteiger partial charge in [-0.2, -0.15) is 0 Å². The van der Waals surface area contributed by atoms with Crippen molar-refractivity contribution < 1.29 is 23.8 Å². The summed E-state index contributed by atoms with van der Waals surface area (Å²) in [5.41, 5.74) is 2.35. The van der Waals surface area contributed by atoms with Crippen molar-refractivity contribution in [2.45, 2.75) is 12.5 Å². The first-order valence-corrected chi connectivity index (χ1v) is 11.8. The van der Waals surface area contributed by atoms with Crippen LogP contribution in [0, 0.1) is 5.92 Å². The minimum Gasteiger partial charge on any atom is -0.496 e. The third-order valence-electron chi connectivity index (χ3n) is 6.48. The zero-order valence-electron chi connectivity index (χ0n) is 19.2. The standard InChI is InChI=1S/C27H25ClN2O5/c1-33-23-5-3-2-4-20(23)21-14-30(27(32)18-7-9-19(28)10-8-18)15-22(21)26(31)29-13-17-6-11-24-25(12-17)35-16-34-24/h2-12,21-22H,13-16H2,1H3,(H,29,31). The Bertz CT molecular complexity index is 1250. The predicted octanol–water partition coefficient (Wildman–Crippen LogP) is 4.25. The number of halogens is 1. The molecule has 2 aliphatic rings. The molecule has 0 saturated carbocycles. The van der Waals surface area contributed by atoms with Gasteiger partial charge >= 0.3 is 0 Å². The number of likely N-dealkylation sites (tertiary alicyclic amines) is 1. The topological polar surface area (TPSA) is 77.1 Å². The molecule has 180 valence electrons. The molecule has 2 unspecified atom stereocenters. The van der Waals surface area contributed by atoms with Crippen LogP contribution in [0.5, 0.6) is 17.2 Å². The SMILES string of the molecule is COc1ccccc1C1CN(C(=O)c2ccc(Cl)cc2)CC1C(=O)NCc1ccc2c(c1)OCO2. The second-order valence-corrected chi connectivity index (χ2v) is 9.01. The number of nitrogens with one attached hydrogen (secondary N) is 1. The molecule has 1 saturated heterocycles. The highest BCUT2D eigenvalue weighted by Crippen LogP contribution is 2.38.